The number of amides is 2. The van der Waals surface area contributed by atoms with E-state index in [1.165, 1.54) is 17.6 Å². The smallest absolute Gasteiger partial charge is 0.249 e. The molecule has 1 heterocycles. The first-order chi connectivity index (χ1) is 15.9. The van der Waals surface area contributed by atoms with Gasteiger partial charge in [-0.1, -0.05) is 6.07 Å². The number of nitrogens with one attached hydrogen (secondary N) is 1. The molecule has 0 unspecified atom stereocenters. The third kappa shape index (κ3) is 5.78. The second kappa shape index (κ2) is 10.8. The molecule has 2 aromatic carbocycles. The van der Waals surface area contributed by atoms with Gasteiger partial charge in [-0.15, -0.1) is 0 Å². The van der Waals surface area contributed by atoms with E-state index in [1.807, 2.05) is 67.1 Å². The number of carbonyl (C=O) groups excluding carboxylic acids is 2. The van der Waals surface area contributed by atoms with E-state index in [1.54, 1.807) is 7.11 Å². The fraction of sp³-hybridized carbons (Fsp3) is 0.320. The number of aryl methyl sites for hydroxylation is 2. The van der Waals surface area contributed by atoms with E-state index in [0.29, 0.717) is 18.2 Å². The second-order valence-electron chi connectivity index (χ2n) is 7.71. The number of ether oxygens (including phenoxy) is 2. The minimum absolute atomic E-state index is 0.0694. The van der Waals surface area contributed by atoms with Gasteiger partial charge >= 0.3 is 0 Å². The first-order valence-corrected chi connectivity index (χ1v) is 10.7. The number of hydrogen-bond acceptors (Lipinski definition) is 5. The Kier molecular flexibility index (Phi) is 7.84. The molecule has 174 valence electrons. The van der Waals surface area contributed by atoms with Crippen molar-refractivity contribution in [2.75, 3.05) is 39.2 Å². The highest BCUT2D eigenvalue weighted by atomic mass is 16.5. The van der Waals surface area contributed by atoms with E-state index in [-0.39, 0.29) is 25.0 Å². The van der Waals surface area contributed by atoms with Crippen molar-refractivity contribution >= 4 is 17.8 Å². The number of anilines is 1. The van der Waals surface area contributed by atoms with Crippen molar-refractivity contribution < 1.29 is 19.1 Å². The van der Waals surface area contributed by atoms with Crippen LogP contribution in [0.4, 0.5) is 5.95 Å². The minimum Gasteiger partial charge on any atom is -0.497 e. The zero-order chi connectivity index (χ0) is 24.0. The molecule has 0 saturated heterocycles. The summed E-state index contributed by atoms with van der Waals surface area (Å²) < 4.78 is 12.0. The fourth-order valence-electron chi connectivity index (χ4n) is 3.37. The number of likely N-dealkylation sites (N-methyl/N-ethyl adjacent to an activating group) is 1. The van der Waals surface area contributed by atoms with Crippen molar-refractivity contribution in [3.63, 3.8) is 0 Å². The van der Waals surface area contributed by atoms with Crippen molar-refractivity contribution in [3.05, 3.63) is 59.8 Å². The fourth-order valence-corrected chi connectivity index (χ4v) is 3.37. The van der Waals surface area contributed by atoms with Gasteiger partial charge in [0.1, 0.15) is 18.9 Å². The summed E-state index contributed by atoms with van der Waals surface area (Å²) in [5, 5.41) is 2.87. The lowest BCUT2D eigenvalue weighted by Gasteiger charge is -2.20. The van der Waals surface area contributed by atoms with Gasteiger partial charge in [0.2, 0.25) is 17.8 Å². The van der Waals surface area contributed by atoms with E-state index in [9.17, 15) is 9.59 Å². The van der Waals surface area contributed by atoms with Crippen molar-refractivity contribution in [1.82, 2.24) is 14.5 Å². The van der Waals surface area contributed by atoms with Crippen LogP contribution in [-0.4, -0.2) is 60.2 Å². The van der Waals surface area contributed by atoms with Gasteiger partial charge < -0.3 is 14.4 Å². The van der Waals surface area contributed by atoms with Crippen molar-refractivity contribution in [3.8, 4) is 22.7 Å². The quantitative estimate of drug-likeness (QED) is 0.538. The van der Waals surface area contributed by atoms with Crippen LogP contribution in [0, 0.1) is 13.8 Å². The van der Waals surface area contributed by atoms with Gasteiger partial charge in [0.25, 0.3) is 0 Å². The lowest BCUT2D eigenvalue weighted by Crippen LogP contribution is -2.39. The molecular weight excluding hydrogens is 420 g/mol. The number of rotatable bonds is 9. The number of aromatic nitrogens is 2. The summed E-state index contributed by atoms with van der Waals surface area (Å²) in [6, 6.07) is 13.6. The first-order valence-electron chi connectivity index (χ1n) is 10.7. The number of carbonyl (C=O) groups is 2. The second-order valence-corrected chi connectivity index (χ2v) is 7.71. The Morgan fingerprint density at radius 1 is 1.06 bits per heavy atom. The molecule has 0 aliphatic heterocycles. The summed E-state index contributed by atoms with van der Waals surface area (Å²) in [4.78, 5) is 31.1. The number of benzene rings is 2. The Balaban J connectivity index is 1.94. The monoisotopic (exact) mass is 450 g/mol. The van der Waals surface area contributed by atoms with Gasteiger partial charge in [-0.2, -0.15) is 0 Å². The molecular formula is C25H30N4O4. The van der Waals surface area contributed by atoms with E-state index in [4.69, 9.17) is 9.47 Å². The summed E-state index contributed by atoms with van der Waals surface area (Å²) in [7, 11) is 3.07. The van der Waals surface area contributed by atoms with Crippen molar-refractivity contribution in [2.45, 2.75) is 20.8 Å². The Morgan fingerprint density at radius 3 is 2.39 bits per heavy atom. The molecule has 0 aliphatic carbocycles. The zero-order valence-corrected chi connectivity index (χ0v) is 19.7. The van der Waals surface area contributed by atoms with Crippen LogP contribution in [0.5, 0.6) is 5.75 Å². The van der Waals surface area contributed by atoms with E-state index >= 15 is 0 Å². The Morgan fingerprint density at radius 2 is 1.79 bits per heavy atom. The Bertz CT molecular complexity index is 1120. The molecule has 0 atom stereocenters. The van der Waals surface area contributed by atoms with E-state index in [2.05, 4.69) is 17.2 Å². The molecule has 33 heavy (non-hydrogen) atoms. The van der Waals surface area contributed by atoms with Crippen LogP contribution in [0.25, 0.3) is 16.9 Å². The van der Waals surface area contributed by atoms with Gasteiger partial charge in [-0.05, 0) is 68.3 Å². The Labute approximate surface area is 194 Å². The average Bonchev–Trinajstić information content (AvgIpc) is 3.23. The largest absolute Gasteiger partial charge is 0.497 e. The van der Waals surface area contributed by atoms with Gasteiger partial charge in [0.15, 0.2) is 0 Å². The normalized spacial score (nSPS) is 10.7. The van der Waals surface area contributed by atoms with Crippen LogP contribution >= 0.6 is 0 Å². The molecule has 0 aliphatic rings. The number of hydrogen-bond donors (Lipinski definition) is 1. The third-order valence-electron chi connectivity index (χ3n) is 5.45. The highest BCUT2D eigenvalue weighted by Crippen LogP contribution is 2.27. The van der Waals surface area contributed by atoms with Gasteiger partial charge in [0, 0.05) is 31.1 Å². The molecule has 0 saturated carbocycles. The lowest BCUT2D eigenvalue weighted by molar-refractivity contribution is -0.137. The highest BCUT2D eigenvalue weighted by Gasteiger charge is 2.19. The average molecular weight is 451 g/mol. The van der Waals surface area contributed by atoms with Crippen LogP contribution in [0.3, 0.4) is 0 Å². The number of imidazole rings is 1. The summed E-state index contributed by atoms with van der Waals surface area (Å²) in [6.45, 7) is 6.15. The minimum atomic E-state index is -0.335. The molecule has 1 aromatic heterocycles. The maximum absolute atomic E-state index is 12.8. The standard InChI is InChI=1S/C25H30N4O4/c1-6-28(24(31)16-32-4)15-23(30)27-25-26-22(19-8-11-21(33-5)12-9-19)14-29(25)20-10-7-17(2)18(3)13-20/h7-14H,6,15-16H2,1-5H3,(H,26,27,30). The predicted octanol–water partition coefficient (Wildman–Crippen LogP) is 3.60. The molecule has 3 aromatic rings. The van der Waals surface area contributed by atoms with Crippen LogP contribution in [0.1, 0.15) is 18.1 Å². The van der Waals surface area contributed by atoms with E-state index < -0.39 is 0 Å². The van der Waals surface area contributed by atoms with E-state index in [0.717, 1.165) is 22.6 Å². The van der Waals surface area contributed by atoms with Crippen LogP contribution in [0.15, 0.2) is 48.7 Å². The Hall–Kier alpha value is -3.65. The molecule has 0 fully saturated rings. The van der Waals surface area contributed by atoms with Crippen molar-refractivity contribution in [2.24, 2.45) is 0 Å². The summed E-state index contributed by atoms with van der Waals surface area (Å²) in [5.74, 6) is 0.551. The molecule has 3 rings (SSSR count). The van der Waals surface area contributed by atoms with Gasteiger partial charge in [-0.3, -0.25) is 19.5 Å². The number of nitrogens with zero attached hydrogens (tertiary/aromatic N) is 3. The summed E-state index contributed by atoms with van der Waals surface area (Å²) >= 11 is 0. The molecule has 2 amide bonds. The summed E-state index contributed by atoms with van der Waals surface area (Å²) in [5.41, 5.74) is 4.78. The van der Waals surface area contributed by atoms with Crippen LogP contribution in [-0.2, 0) is 14.3 Å². The topological polar surface area (TPSA) is 85.7 Å². The highest BCUT2D eigenvalue weighted by molar-refractivity contribution is 5.94. The predicted molar refractivity (Wildman–Crippen MR) is 128 cm³/mol. The molecule has 0 spiro atoms. The van der Waals surface area contributed by atoms with Crippen LogP contribution in [0.2, 0.25) is 0 Å². The third-order valence-corrected chi connectivity index (χ3v) is 5.45. The zero-order valence-electron chi connectivity index (χ0n) is 19.7. The molecule has 0 radical (unpaired) electrons. The molecule has 8 nitrogen and oxygen atoms in total. The first kappa shape index (κ1) is 24.0. The summed E-state index contributed by atoms with van der Waals surface area (Å²) in [6.07, 6.45) is 1.88. The number of methoxy groups -OCH3 is 2. The van der Waals surface area contributed by atoms with Crippen molar-refractivity contribution in [1.29, 1.82) is 0 Å². The SMILES string of the molecule is CCN(CC(=O)Nc1nc(-c2ccc(OC)cc2)cn1-c1ccc(C)c(C)c1)C(=O)COC. The molecule has 8 heteroatoms. The molecule has 1 N–H and O–H groups in total. The van der Waals surface area contributed by atoms with Gasteiger partial charge in [-0.25, -0.2) is 4.98 Å². The van der Waals surface area contributed by atoms with Gasteiger partial charge in [0.05, 0.1) is 12.8 Å². The lowest BCUT2D eigenvalue weighted by atomic mass is 10.1. The maximum atomic E-state index is 12.8. The molecule has 0 bridgehead atoms. The maximum Gasteiger partial charge on any atom is 0.249 e. The van der Waals surface area contributed by atoms with Crippen LogP contribution < -0.4 is 10.1 Å².